The van der Waals surface area contributed by atoms with Gasteiger partial charge >= 0.3 is 5.97 Å². The zero-order valence-electron chi connectivity index (χ0n) is 13.2. The van der Waals surface area contributed by atoms with Crippen LogP contribution in [0.15, 0.2) is 58.5 Å². The maximum atomic E-state index is 12.3. The summed E-state index contributed by atoms with van der Waals surface area (Å²) < 4.78 is 12.0. The van der Waals surface area contributed by atoms with Crippen molar-refractivity contribution in [2.45, 2.75) is 13.0 Å². The number of esters is 1. The van der Waals surface area contributed by atoms with Gasteiger partial charge in [0.05, 0.1) is 21.3 Å². The minimum atomic E-state index is -0.644. The summed E-state index contributed by atoms with van der Waals surface area (Å²) in [5.74, 6) is 0.206. The number of fused-ring (bicyclic) bond motifs is 1. The third-order valence-corrected chi connectivity index (χ3v) is 4.45. The van der Waals surface area contributed by atoms with Gasteiger partial charge in [0.25, 0.3) is 5.89 Å². The Morgan fingerprint density at radius 1 is 1.16 bits per heavy atom. The molecule has 0 bridgehead atoms. The normalized spacial score (nSPS) is 12.2. The predicted molar refractivity (Wildman–Crippen MR) is 93.2 cm³/mol. The largest absolute Gasteiger partial charge is 0.449 e. The van der Waals surface area contributed by atoms with E-state index in [2.05, 4.69) is 15.2 Å². The molecule has 0 fully saturated rings. The number of carbonyl (C=O) groups is 1. The van der Waals surface area contributed by atoms with E-state index in [0.29, 0.717) is 11.5 Å². The molecule has 0 saturated heterocycles. The summed E-state index contributed by atoms with van der Waals surface area (Å²) in [6.07, 6.45) is -0.644. The number of hydrogen-bond acceptors (Lipinski definition) is 7. The fourth-order valence-corrected chi connectivity index (χ4v) is 3.07. The zero-order chi connectivity index (χ0) is 17.2. The van der Waals surface area contributed by atoms with E-state index in [4.69, 9.17) is 9.15 Å². The van der Waals surface area contributed by atoms with E-state index in [1.807, 2.05) is 30.3 Å². The zero-order valence-corrected chi connectivity index (χ0v) is 14.1. The quantitative estimate of drug-likeness (QED) is 0.511. The van der Waals surface area contributed by atoms with Crippen LogP contribution in [0.2, 0.25) is 0 Å². The number of nitrogens with zero attached hydrogens (tertiary/aromatic N) is 3. The summed E-state index contributed by atoms with van der Waals surface area (Å²) >= 11 is 1.48. The molecule has 4 aromatic rings. The molecule has 25 heavy (non-hydrogen) atoms. The van der Waals surface area contributed by atoms with Crippen molar-refractivity contribution >= 4 is 27.5 Å². The van der Waals surface area contributed by atoms with Crippen molar-refractivity contribution in [1.82, 2.24) is 15.2 Å². The minimum absolute atomic E-state index is 0.256. The molecule has 0 spiro atoms. The molecular formula is C18H13N3O3S. The smallest absolute Gasteiger partial charge is 0.338 e. The Bertz CT molecular complexity index is 1030. The molecule has 0 saturated carbocycles. The molecule has 0 amide bonds. The van der Waals surface area contributed by atoms with Gasteiger partial charge in [-0.05, 0) is 37.3 Å². The van der Waals surface area contributed by atoms with Crippen molar-refractivity contribution in [2.75, 3.05) is 0 Å². The van der Waals surface area contributed by atoms with E-state index in [1.165, 1.54) is 11.3 Å². The first-order valence-corrected chi connectivity index (χ1v) is 8.52. The lowest BCUT2D eigenvalue weighted by Crippen LogP contribution is -2.09. The lowest BCUT2D eigenvalue weighted by molar-refractivity contribution is 0.0280. The molecule has 6 nitrogen and oxygen atoms in total. The van der Waals surface area contributed by atoms with Crippen LogP contribution in [0.5, 0.6) is 0 Å². The molecule has 0 aliphatic heterocycles. The SMILES string of the molecule is C[C@@H](OC(=O)c1ccc2ncsc2c1)c1nnc(-c2ccccc2)o1. The average molecular weight is 351 g/mol. The lowest BCUT2D eigenvalue weighted by Gasteiger charge is -2.09. The number of carbonyl (C=O) groups excluding carboxylic acids is 1. The van der Waals surface area contributed by atoms with Gasteiger partial charge in [-0.25, -0.2) is 9.78 Å². The molecule has 0 unspecified atom stereocenters. The van der Waals surface area contributed by atoms with Gasteiger partial charge in [-0.15, -0.1) is 21.5 Å². The van der Waals surface area contributed by atoms with E-state index in [-0.39, 0.29) is 5.89 Å². The van der Waals surface area contributed by atoms with Crippen LogP contribution in [-0.2, 0) is 4.74 Å². The summed E-state index contributed by atoms with van der Waals surface area (Å²) in [7, 11) is 0. The van der Waals surface area contributed by atoms with E-state index in [1.54, 1.807) is 30.6 Å². The average Bonchev–Trinajstić information content (AvgIpc) is 3.31. The lowest BCUT2D eigenvalue weighted by atomic mass is 10.2. The van der Waals surface area contributed by atoms with Crippen LogP contribution in [0.4, 0.5) is 0 Å². The highest BCUT2D eigenvalue weighted by Crippen LogP contribution is 2.24. The Kier molecular flexibility index (Phi) is 3.99. The Labute approximate surface area is 147 Å². The van der Waals surface area contributed by atoms with Gasteiger partial charge in [-0.2, -0.15) is 0 Å². The fraction of sp³-hybridized carbons (Fsp3) is 0.111. The van der Waals surface area contributed by atoms with Gasteiger partial charge in [-0.3, -0.25) is 0 Å². The monoisotopic (exact) mass is 351 g/mol. The van der Waals surface area contributed by atoms with E-state index >= 15 is 0 Å². The van der Waals surface area contributed by atoms with Gasteiger partial charge in [0.1, 0.15) is 0 Å². The van der Waals surface area contributed by atoms with Crippen molar-refractivity contribution < 1.29 is 13.9 Å². The van der Waals surface area contributed by atoms with Crippen LogP contribution in [-0.4, -0.2) is 21.2 Å². The molecule has 2 aromatic carbocycles. The number of hydrogen-bond donors (Lipinski definition) is 0. The van der Waals surface area contributed by atoms with Crippen LogP contribution in [0.1, 0.15) is 29.3 Å². The standard InChI is InChI=1S/C18H13N3O3S/c1-11(16-20-21-17(24-16)12-5-3-2-4-6-12)23-18(22)13-7-8-14-15(9-13)25-10-19-14/h2-11H,1H3/t11-/m1/s1. The number of ether oxygens (including phenoxy) is 1. The Morgan fingerprint density at radius 2 is 2.00 bits per heavy atom. The summed E-state index contributed by atoms with van der Waals surface area (Å²) in [5.41, 5.74) is 3.88. The molecule has 4 rings (SSSR count). The molecule has 0 aliphatic rings. The van der Waals surface area contributed by atoms with Crippen molar-refractivity contribution in [3.8, 4) is 11.5 Å². The fourth-order valence-electron chi connectivity index (χ4n) is 2.36. The second-order valence-electron chi connectivity index (χ2n) is 5.39. The molecule has 7 heteroatoms. The van der Waals surface area contributed by atoms with Crippen LogP contribution in [0.3, 0.4) is 0 Å². The molecule has 0 aliphatic carbocycles. The van der Waals surface area contributed by atoms with Crippen molar-refractivity contribution in [3.63, 3.8) is 0 Å². The first-order chi connectivity index (χ1) is 12.2. The molecule has 2 heterocycles. The molecular weight excluding hydrogens is 338 g/mol. The summed E-state index contributed by atoms with van der Waals surface area (Å²) in [6, 6.07) is 14.7. The van der Waals surface area contributed by atoms with Gasteiger partial charge in [-0.1, -0.05) is 18.2 Å². The van der Waals surface area contributed by atoms with Crippen molar-refractivity contribution in [3.05, 3.63) is 65.5 Å². The van der Waals surface area contributed by atoms with Gasteiger partial charge in [0, 0.05) is 5.56 Å². The van der Waals surface area contributed by atoms with Crippen molar-refractivity contribution in [2.24, 2.45) is 0 Å². The van der Waals surface area contributed by atoms with Crippen LogP contribution in [0.25, 0.3) is 21.7 Å². The number of rotatable bonds is 4. The highest BCUT2D eigenvalue weighted by molar-refractivity contribution is 7.16. The van der Waals surface area contributed by atoms with Crippen LogP contribution >= 0.6 is 11.3 Å². The predicted octanol–water partition coefficient (Wildman–Crippen LogP) is 4.26. The minimum Gasteiger partial charge on any atom is -0.449 e. The Hall–Kier alpha value is -3.06. The van der Waals surface area contributed by atoms with Gasteiger partial charge < -0.3 is 9.15 Å². The molecule has 2 aromatic heterocycles. The third kappa shape index (κ3) is 3.14. The first-order valence-electron chi connectivity index (χ1n) is 7.64. The molecule has 0 N–H and O–H groups in total. The number of aromatic nitrogens is 3. The molecule has 124 valence electrons. The Morgan fingerprint density at radius 3 is 2.84 bits per heavy atom. The second kappa shape index (κ2) is 6.45. The van der Waals surface area contributed by atoms with E-state index in [0.717, 1.165) is 15.8 Å². The summed E-state index contributed by atoms with van der Waals surface area (Å²) in [6.45, 7) is 1.70. The van der Waals surface area contributed by atoms with Gasteiger partial charge in [0.2, 0.25) is 5.89 Å². The molecule has 1 atom stereocenters. The number of benzene rings is 2. The van der Waals surface area contributed by atoms with Gasteiger partial charge in [0.15, 0.2) is 6.10 Å². The van der Waals surface area contributed by atoms with E-state index in [9.17, 15) is 4.79 Å². The van der Waals surface area contributed by atoms with Crippen LogP contribution < -0.4 is 0 Å². The number of thiazole rings is 1. The van der Waals surface area contributed by atoms with Crippen molar-refractivity contribution in [1.29, 1.82) is 0 Å². The Balaban J connectivity index is 1.50. The summed E-state index contributed by atoms with van der Waals surface area (Å²) in [5, 5.41) is 7.99. The van der Waals surface area contributed by atoms with E-state index < -0.39 is 12.1 Å². The maximum absolute atomic E-state index is 12.3. The molecule has 0 radical (unpaired) electrons. The highest BCUT2D eigenvalue weighted by Gasteiger charge is 2.20. The third-order valence-electron chi connectivity index (χ3n) is 3.66. The summed E-state index contributed by atoms with van der Waals surface area (Å²) in [4.78, 5) is 16.5. The second-order valence-corrected chi connectivity index (χ2v) is 6.28. The topological polar surface area (TPSA) is 78.1 Å². The van der Waals surface area contributed by atoms with Crippen LogP contribution in [0, 0.1) is 0 Å². The highest BCUT2D eigenvalue weighted by atomic mass is 32.1. The maximum Gasteiger partial charge on any atom is 0.338 e. The first kappa shape index (κ1) is 15.5.